The summed E-state index contributed by atoms with van der Waals surface area (Å²) in [4.78, 5) is 9.05. The normalized spacial score (nSPS) is 18.9. The Morgan fingerprint density at radius 3 is 3.09 bits per heavy atom. The van der Waals surface area contributed by atoms with Crippen molar-refractivity contribution in [3.63, 3.8) is 0 Å². The molecule has 0 radical (unpaired) electrons. The van der Waals surface area contributed by atoms with Gasteiger partial charge in [-0.15, -0.1) is 0 Å². The first-order valence-corrected chi connectivity index (χ1v) is 7.99. The lowest BCUT2D eigenvalue weighted by molar-refractivity contribution is 0.181. The van der Waals surface area contributed by atoms with Crippen LogP contribution in [-0.2, 0) is 7.05 Å². The van der Waals surface area contributed by atoms with Crippen molar-refractivity contribution in [1.82, 2.24) is 29.5 Å². The number of fused-ring (bicyclic) bond motifs is 1. The van der Waals surface area contributed by atoms with Crippen molar-refractivity contribution < 1.29 is 4.74 Å². The van der Waals surface area contributed by atoms with Crippen molar-refractivity contribution >= 4 is 5.65 Å². The van der Waals surface area contributed by atoms with E-state index in [4.69, 9.17) is 4.74 Å². The van der Waals surface area contributed by atoms with E-state index in [1.807, 2.05) is 29.9 Å². The van der Waals surface area contributed by atoms with Gasteiger partial charge >= 0.3 is 0 Å². The van der Waals surface area contributed by atoms with Gasteiger partial charge in [-0.05, 0) is 32.4 Å². The largest absolute Gasteiger partial charge is 0.473 e. The monoisotopic (exact) mass is 312 g/mol. The molecule has 0 unspecified atom stereocenters. The zero-order valence-electron chi connectivity index (χ0n) is 13.1. The first-order valence-electron chi connectivity index (χ1n) is 7.99. The Hall–Kier alpha value is -2.41. The summed E-state index contributed by atoms with van der Waals surface area (Å²) in [6.45, 7) is 2.08. The number of imidazole rings is 1. The van der Waals surface area contributed by atoms with Gasteiger partial charge in [0.05, 0.1) is 18.1 Å². The number of ether oxygens (including phenoxy) is 1. The van der Waals surface area contributed by atoms with Gasteiger partial charge < -0.3 is 10.1 Å². The molecule has 120 valence electrons. The topological polar surface area (TPSA) is 69.3 Å². The lowest BCUT2D eigenvalue weighted by atomic mass is 10.2. The summed E-state index contributed by atoms with van der Waals surface area (Å²) >= 11 is 0. The van der Waals surface area contributed by atoms with Crippen LogP contribution in [0.15, 0.2) is 31.0 Å². The molecule has 1 fully saturated rings. The van der Waals surface area contributed by atoms with Gasteiger partial charge in [0.1, 0.15) is 18.1 Å². The minimum atomic E-state index is 0.237. The number of nitrogens with zero attached hydrogens (tertiary/aromatic N) is 5. The summed E-state index contributed by atoms with van der Waals surface area (Å²) in [7, 11) is 1.89. The van der Waals surface area contributed by atoms with Gasteiger partial charge in [-0.2, -0.15) is 10.1 Å². The second-order valence-electron chi connectivity index (χ2n) is 5.94. The fourth-order valence-corrected chi connectivity index (χ4v) is 2.91. The Balaban J connectivity index is 1.57. The maximum absolute atomic E-state index is 6.05. The minimum absolute atomic E-state index is 0.237. The molecule has 1 atom stereocenters. The molecule has 0 bridgehead atoms. The molecule has 7 nitrogen and oxygen atoms in total. The van der Waals surface area contributed by atoms with E-state index < -0.39 is 0 Å². The highest BCUT2D eigenvalue weighted by atomic mass is 16.5. The van der Waals surface area contributed by atoms with E-state index in [1.165, 1.54) is 0 Å². The molecule has 7 heteroatoms. The van der Waals surface area contributed by atoms with Crippen LogP contribution in [0, 0.1) is 0 Å². The number of aryl methyl sites for hydroxylation is 1. The summed E-state index contributed by atoms with van der Waals surface area (Å²) in [6.07, 6.45) is 10.9. The van der Waals surface area contributed by atoms with Gasteiger partial charge in [0.25, 0.3) is 0 Å². The van der Waals surface area contributed by atoms with Gasteiger partial charge in [0.15, 0.2) is 0 Å². The van der Waals surface area contributed by atoms with Crippen LogP contribution in [0.2, 0.25) is 0 Å². The SMILES string of the molecule is Cn1cc(-c2cc3nc(O[C@H]4CCCNCC4)cn3cn2)cn1. The maximum Gasteiger partial charge on any atom is 0.232 e. The molecule has 3 aromatic heterocycles. The van der Waals surface area contributed by atoms with E-state index >= 15 is 0 Å². The molecule has 0 aliphatic carbocycles. The second kappa shape index (κ2) is 6.00. The number of nitrogens with one attached hydrogen (secondary N) is 1. The first-order chi connectivity index (χ1) is 11.3. The van der Waals surface area contributed by atoms with Gasteiger partial charge in [-0.1, -0.05) is 0 Å². The van der Waals surface area contributed by atoms with Crippen molar-refractivity contribution in [3.05, 3.63) is 31.0 Å². The molecule has 1 N–H and O–H groups in total. The highest BCUT2D eigenvalue weighted by Crippen LogP contribution is 2.21. The Bertz CT molecular complexity index is 800. The molecule has 4 rings (SSSR count). The Labute approximate surface area is 134 Å². The van der Waals surface area contributed by atoms with E-state index in [0.29, 0.717) is 5.88 Å². The molecule has 0 spiro atoms. The maximum atomic E-state index is 6.05. The van der Waals surface area contributed by atoms with Crippen molar-refractivity contribution in [2.45, 2.75) is 25.4 Å². The zero-order valence-corrected chi connectivity index (χ0v) is 13.1. The van der Waals surface area contributed by atoms with Crippen LogP contribution < -0.4 is 10.1 Å². The Morgan fingerprint density at radius 1 is 1.26 bits per heavy atom. The van der Waals surface area contributed by atoms with Crippen LogP contribution in [0.4, 0.5) is 0 Å². The average Bonchev–Trinajstić information content (AvgIpc) is 3.06. The molecular formula is C16H20N6O. The third-order valence-electron chi connectivity index (χ3n) is 4.14. The van der Waals surface area contributed by atoms with Crippen molar-refractivity contribution in [3.8, 4) is 17.1 Å². The predicted octanol–water partition coefficient (Wildman–Crippen LogP) is 1.65. The number of hydrogen-bond acceptors (Lipinski definition) is 5. The van der Waals surface area contributed by atoms with Gasteiger partial charge in [0.2, 0.25) is 5.88 Å². The summed E-state index contributed by atoms with van der Waals surface area (Å²) < 4.78 is 9.71. The first kappa shape index (κ1) is 14.2. The molecule has 1 saturated heterocycles. The van der Waals surface area contributed by atoms with Crippen LogP contribution in [0.1, 0.15) is 19.3 Å². The molecule has 3 aromatic rings. The quantitative estimate of drug-likeness (QED) is 0.796. The highest BCUT2D eigenvalue weighted by Gasteiger charge is 2.15. The number of rotatable bonds is 3. The second-order valence-corrected chi connectivity index (χ2v) is 5.94. The van der Waals surface area contributed by atoms with Crippen LogP contribution in [0.3, 0.4) is 0 Å². The van der Waals surface area contributed by atoms with Crippen LogP contribution >= 0.6 is 0 Å². The fraction of sp³-hybridized carbons (Fsp3) is 0.438. The van der Waals surface area contributed by atoms with Gasteiger partial charge in [0, 0.05) is 24.9 Å². The molecule has 23 heavy (non-hydrogen) atoms. The number of aromatic nitrogens is 5. The average molecular weight is 312 g/mol. The lowest BCUT2D eigenvalue weighted by Crippen LogP contribution is -2.19. The molecule has 0 saturated carbocycles. The summed E-state index contributed by atoms with van der Waals surface area (Å²) in [5.74, 6) is 0.669. The summed E-state index contributed by atoms with van der Waals surface area (Å²) in [5.41, 5.74) is 2.68. The smallest absolute Gasteiger partial charge is 0.232 e. The van der Waals surface area contributed by atoms with E-state index in [9.17, 15) is 0 Å². The van der Waals surface area contributed by atoms with Gasteiger partial charge in [-0.25, -0.2) is 4.98 Å². The Morgan fingerprint density at radius 2 is 2.22 bits per heavy atom. The van der Waals surface area contributed by atoms with Crippen LogP contribution in [0.25, 0.3) is 16.9 Å². The van der Waals surface area contributed by atoms with Crippen LogP contribution in [0.5, 0.6) is 5.88 Å². The zero-order chi connectivity index (χ0) is 15.6. The summed E-state index contributed by atoms with van der Waals surface area (Å²) in [5, 5.41) is 7.58. The minimum Gasteiger partial charge on any atom is -0.473 e. The lowest BCUT2D eigenvalue weighted by Gasteiger charge is -2.13. The molecule has 1 aliphatic heterocycles. The molecular weight excluding hydrogens is 292 g/mol. The third-order valence-corrected chi connectivity index (χ3v) is 4.14. The Kier molecular flexibility index (Phi) is 3.70. The number of hydrogen-bond donors (Lipinski definition) is 1. The molecule has 4 heterocycles. The highest BCUT2D eigenvalue weighted by molar-refractivity contribution is 5.62. The van der Waals surface area contributed by atoms with E-state index in [1.54, 1.807) is 17.2 Å². The summed E-state index contributed by atoms with van der Waals surface area (Å²) in [6, 6.07) is 1.96. The fourth-order valence-electron chi connectivity index (χ4n) is 2.91. The third kappa shape index (κ3) is 3.05. The van der Waals surface area contributed by atoms with Crippen molar-refractivity contribution in [2.24, 2.45) is 7.05 Å². The standard InChI is InChI=1S/C16H20N6O/c1-21-9-12(8-19-21)14-7-15-20-16(10-22(15)11-18-14)23-13-3-2-5-17-6-4-13/h7-11,13,17H,2-6H2,1H3/t13-/m0/s1. The van der Waals surface area contributed by atoms with Crippen molar-refractivity contribution in [1.29, 1.82) is 0 Å². The van der Waals surface area contributed by atoms with Crippen LogP contribution in [-0.4, -0.2) is 43.3 Å². The molecule has 1 aliphatic rings. The molecule has 0 amide bonds. The predicted molar refractivity (Wildman–Crippen MR) is 86.3 cm³/mol. The van der Waals surface area contributed by atoms with E-state index in [-0.39, 0.29) is 6.10 Å². The van der Waals surface area contributed by atoms with E-state index in [2.05, 4.69) is 20.4 Å². The van der Waals surface area contributed by atoms with Crippen molar-refractivity contribution in [2.75, 3.05) is 13.1 Å². The van der Waals surface area contributed by atoms with Gasteiger partial charge in [-0.3, -0.25) is 9.08 Å². The molecule has 0 aromatic carbocycles. The van der Waals surface area contributed by atoms with E-state index in [0.717, 1.165) is 49.3 Å².